The molecule has 0 amide bonds. The summed E-state index contributed by atoms with van der Waals surface area (Å²) in [6.45, 7) is 0. The molecule has 0 unspecified atom stereocenters. The molecule has 0 bridgehead atoms. The van der Waals surface area contributed by atoms with Gasteiger partial charge >= 0.3 is 0 Å². The van der Waals surface area contributed by atoms with Gasteiger partial charge < -0.3 is 0 Å². The number of hydrogen-bond donors (Lipinski definition) is 0. The maximum Gasteiger partial charge on any atom is 0.169 e. The summed E-state index contributed by atoms with van der Waals surface area (Å²) in [5, 5.41) is 1.29. The molecule has 5 heteroatoms. The van der Waals surface area contributed by atoms with Gasteiger partial charge in [-0.3, -0.25) is 9.78 Å². The minimum atomic E-state index is 0.193. The molecule has 0 radical (unpaired) electrons. The lowest BCUT2D eigenvalue weighted by Gasteiger charge is -2.07. The monoisotopic (exact) mass is 285 g/mol. The first-order chi connectivity index (χ1) is 8.13. The Morgan fingerprint density at radius 1 is 1.06 bits per heavy atom. The van der Waals surface area contributed by atoms with Gasteiger partial charge in [0.1, 0.15) is 5.69 Å². The van der Waals surface area contributed by atoms with Crippen molar-refractivity contribution in [1.82, 2.24) is 4.98 Å². The van der Waals surface area contributed by atoms with Gasteiger partial charge in [0.2, 0.25) is 0 Å². The van der Waals surface area contributed by atoms with Crippen molar-refractivity contribution in [2.45, 2.75) is 0 Å². The topological polar surface area (TPSA) is 30.0 Å². The third kappa shape index (κ3) is 2.44. The first-order valence-corrected chi connectivity index (χ1v) is 5.82. The average Bonchev–Trinajstić information content (AvgIpc) is 2.29. The molecule has 0 saturated carbocycles. The van der Waals surface area contributed by atoms with E-state index in [-0.39, 0.29) is 10.7 Å². The Balaban J connectivity index is 2.61. The van der Waals surface area contributed by atoms with Crippen molar-refractivity contribution in [2.24, 2.45) is 0 Å². The molecule has 0 spiro atoms. The number of aromatic nitrogens is 1. The van der Waals surface area contributed by atoms with Crippen molar-refractivity contribution in [2.75, 3.05) is 0 Å². The summed E-state index contributed by atoms with van der Waals surface area (Å²) >= 11 is 18.0. The minimum Gasteiger partial charge on any atom is -0.296 e. The molecular weight excluding hydrogens is 280 g/mol. The van der Waals surface area contributed by atoms with Gasteiger partial charge in [-0.05, 0) is 18.2 Å². The van der Waals surface area contributed by atoms with Crippen LogP contribution in [0.15, 0.2) is 30.5 Å². The molecule has 0 aliphatic carbocycles. The van der Waals surface area contributed by atoms with Gasteiger partial charge in [0, 0.05) is 27.4 Å². The molecule has 0 aliphatic rings. The van der Waals surface area contributed by atoms with Crippen LogP contribution in [0.25, 0.3) is 11.1 Å². The molecule has 1 aromatic heterocycles. The smallest absolute Gasteiger partial charge is 0.169 e. The molecule has 86 valence electrons. The number of carbonyl (C=O) groups excluding carboxylic acids is 1. The molecule has 0 fully saturated rings. The van der Waals surface area contributed by atoms with Crippen LogP contribution in [0, 0.1) is 0 Å². The zero-order chi connectivity index (χ0) is 12.4. The summed E-state index contributed by atoms with van der Waals surface area (Å²) in [4.78, 5) is 14.5. The van der Waals surface area contributed by atoms with Crippen LogP contribution in [0.1, 0.15) is 10.5 Å². The number of nitrogens with zero attached hydrogens (tertiary/aromatic N) is 1. The number of rotatable bonds is 2. The predicted octanol–water partition coefficient (Wildman–Crippen LogP) is 4.52. The van der Waals surface area contributed by atoms with E-state index in [0.717, 1.165) is 0 Å². The molecule has 2 nitrogen and oxygen atoms in total. The Bertz CT molecular complexity index is 564. The van der Waals surface area contributed by atoms with Crippen LogP contribution in [0.3, 0.4) is 0 Å². The lowest BCUT2D eigenvalue weighted by Crippen LogP contribution is -1.90. The number of hydrogen-bond acceptors (Lipinski definition) is 2. The zero-order valence-electron chi connectivity index (χ0n) is 8.45. The van der Waals surface area contributed by atoms with E-state index < -0.39 is 0 Å². The third-order valence-electron chi connectivity index (χ3n) is 2.23. The van der Waals surface area contributed by atoms with Crippen LogP contribution >= 0.6 is 34.8 Å². The van der Waals surface area contributed by atoms with Gasteiger partial charge in [0.05, 0.1) is 5.02 Å². The highest BCUT2D eigenvalue weighted by molar-refractivity contribution is 6.39. The molecule has 1 aromatic carbocycles. The van der Waals surface area contributed by atoms with Gasteiger partial charge in [-0.15, -0.1) is 0 Å². The van der Waals surface area contributed by atoms with E-state index in [0.29, 0.717) is 27.5 Å². The van der Waals surface area contributed by atoms with Crippen LogP contribution in [0.5, 0.6) is 0 Å². The lowest BCUT2D eigenvalue weighted by molar-refractivity contribution is 0.111. The lowest BCUT2D eigenvalue weighted by atomic mass is 10.1. The molecule has 0 N–H and O–H groups in total. The Hall–Kier alpha value is -1.09. The highest BCUT2D eigenvalue weighted by Crippen LogP contribution is 2.35. The standard InChI is InChI=1S/C12H6Cl3NO/c13-8-2-1-3-9(14)12(8)7-4-10(15)11(6-17)16-5-7/h1-6H. The molecule has 0 saturated heterocycles. The third-order valence-corrected chi connectivity index (χ3v) is 3.17. The van der Waals surface area contributed by atoms with Crippen molar-refractivity contribution in [3.8, 4) is 11.1 Å². The number of carbonyl (C=O) groups is 1. The average molecular weight is 287 g/mol. The second-order valence-corrected chi connectivity index (χ2v) is 4.53. The Morgan fingerprint density at radius 3 is 2.24 bits per heavy atom. The molecule has 0 aliphatic heterocycles. The van der Waals surface area contributed by atoms with Crippen molar-refractivity contribution < 1.29 is 4.79 Å². The maximum atomic E-state index is 10.6. The van der Waals surface area contributed by atoms with Gasteiger partial charge in [0.25, 0.3) is 0 Å². The molecule has 0 atom stereocenters. The summed E-state index contributed by atoms with van der Waals surface area (Å²) < 4.78 is 0. The van der Waals surface area contributed by atoms with Crippen LogP contribution < -0.4 is 0 Å². The Morgan fingerprint density at radius 2 is 1.71 bits per heavy atom. The number of pyridine rings is 1. The first-order valence-electron chi connectivity index (χ1n) is 4.68. The molecule has 2 aromatic rings. The highest BCUT2D eigenvalue weighted by atomic mass is 35.5. The van der Waals surface area contributed by atoms with Gasteiger partial charge in [-0.25, -0.2) is 0 Å². The molecular formula is C12H6Cl3NO. The highest BCUT2D eigenvalue weighted by Gasteiger charge is 2.10. The molecule has 2 rings (SSSR count). The van der Waals surface area contributed by atoms with E-state index in [1.807, 2.05) is 0 Å². The summed E-state index contributed by atoms with van der Waals surface area (Å²) in [6.07, 6.45) is 2.11. The van der Waals surface area contributed by atoms with Gasteiger partial charge in [-0.1, -0.05) is 40.9 Å². The fraction of sp³-hybridized carbons (Fsp3) is 0. The Labute approximate surface area is 113 Å². The largest absolute Gasteiger partial charge is 0.296 e. The second kappa shape index (κ2) is 5.05. The quantitative estimate of drug-likeness (QED) is 0.760. The van der Waals surface area contributed by atoms with E-state index in [4.69, 9.17) is 34.8 Å². The van der Waals surface area contributed by atoms with Crippen LogP contribution in [0.2, 0.25) is 15.1 Å². The van der Waals surface area contributed by atoms with E-state index in [2.05, 4.69) is 4.98 Å². The Kier molecular flexibility index (Phi) is 3.67. The zero-order valence-corrected chi connectivity index (χ0v) is 10.7. The maximum absolute atomic E-state index is 10.6. The van der Waals surface area contributed by atoms with Crippen molar-refractivity contribution in [3.05, 3.63) is 51.2 Å². The van der Waals surface area contributed by atoms with Gasteiger partial charge in [-0.2, -0.15) is 0 Å². The van der Waals surface area contributed by atoms with Crippen molar-refractivity contribution in [3.63, 3.8) is 0 Å². The SMILES string of the molecule is O=Cc1ncc(-c2c(Cl)cccc2Cl)cc1Cl. The number of halogens is 3. The van der Waals surface area contributed by atoms with E-state index in [9.17, 15) is 4.79 Å². The summed E-state index contributed by atoms with van der Waals surface area (Å²) in [7, 11) is 0. The van der Waals surface area contributed by atoms with Crippen molar-refractivity contribution >= 4 is 41.1 Å². The summed E-state index contributed by atoms with van der Waals surface area (Å²) in [5.41, 5.74) is 1.53. The van der Waals surface area contributed by atoms with Crippen LogP contribution in [-0.2, 0) is 0 Å². The van der Waals surface area contributed by atoms with E-state index >= 15 is 0 Å². The van der Waals surface area contributed by atoms with Crippen LogP contribution in [-0.4, -0.2) is 11.3 Å². The van der Waals surface area contributed by atoms with Gasteiger partial charge in [0.15, 0.2) is 6.29 Å². The minimum absolute atomic E-state index is 0.193. The normalized spacial score (nSPS) is 10.3. The first kappa shape index (κ1) is 12.4. The summed E-state index contributed by atoms with van der Waals surface area (Å²) in [5.74, 6) is 0. The molecule has 1 heterocycles. The summed E-state index contributed by atoms with van der Waals surface area (Å²) in [6, 6.07) is 6.82. The second-order valence-electron chi connectivity index (χ2n) is 3.31. The molecule has 17 heavy (non-hydrogen) atoms. The van der Waals surface area contributed by atoms with Crippen LogP contribution in [0.4, 0.5) is 0 Å². The number of aldehydes is 1. The number of benzene rings is 1. The fourth-order valence-electron chi connectivity index (χ4n) is 1.45. The predicted molar refractivity (Wildman–Crippen MR) is 70.1 cm³/mol. The van der Waals surface area contributed by atoms with E-state index in [1.165, 1.54) is 6.20 Å². The van der Waals surface area contributed by atoms with E-state index in [1.54, 1.807) is 24.3 Å². The van der Waals surface area contributed by atoms with Crippen molar-refractivity contribution in [1.29, 1.82) is 0 Å². The fourth-order valence-corrected chi connectivity index (χ4v) is 2.27.